The number of amides is 1. The van der Waals surface area contributed by atoms with Crippen LogP contribution in [-0.4, -0.2) is 45.8 Å². The van der Waals surface area contributed by atoms with Crippen LogP contribution in [0.5, 0.6) is 0 Å². The van der Waals surface area contributed by atoms with Gasteiger partial charge in [0, 0.05) is 25.3 Å². The quantitative estimate of drug-likeness (QED) is 0.750. The lowest BCUT2D eigenvalue weighted by atomic mass is 10.0. The molecule has 1 aromatic rings. The van der Waals surface area contributed by atoms with Gasteiger partial charge in [0.05, 0.1) is 6.20 Å². The van der Waals surface area contributed by atoms with Gasteiger partial charge in [0.2, 0.25) is 0 Å². The fourth-order valence-electron chi connectivity index (χ4n) is 2.96. The first-order valence-electron chi connectivity index (χ1n) is 8.48. The Morgan fingerprint density at radius 2 is 2.22 bits per heavy atom. The Kier molecular flexibility index (Phi) is 6.38. The Balaban J connectivity index is 1.63. The normalized spacial score (nSPS) is 21.3. The molecule has 1 fully saturated rings. The molecule has 2 N–H and O–H groups in total. The van der Waals surface area contributed by atoms with E-state index in [-0.39, 0.29) is 6.09 Å². The third-order valence-electron chi connectivity index (χ3n) is 4.01. The summed E-state index contributed by atoms with van der Waals surface area (Å²) in [7, 11) is 0. The van der Waals surface area contributed by atoms with Crippen molar-refractivity contribution in [2.75, 3.05) is 13.1 Å². The van der Waals surface area contributed by atoms with Crippen LogP contribution in [0.2, 0.25) is 0 Å². The van der Waals surface area contributed by atoms with Crippen LogP contribution >= 0.6 is 0 Å². The van der Waals surface area contributed by atoms with E-state index in [0.717, 1.165) is 25.9 Å². The van der Waals surface area contributed by atoms with E-state index in [1.807, 2.05) is 31.6 Å². The number of rotatable bonds is 7. The predicted molar refractivity (Wildman–Crippen MR) is 88.0 cm³/mol. The minimum Gasteiger partial charge on any atom is -0.444 e. The number of hydrogen-bond donors (Lipinski definition) is 2. The molecule has 0 bridgehead atoms. The zero-order valence-electron chi connectivity index (χ0n) is 14.4. The summed E-state index contributed by atoms with van der Waals surface area (Å²) in [6.45, 7) is 8.13. The summed E-state index contributed by atoms with van der Waals surface area (Å²) in [5.41, 5.74) is -0.446. The fourth-order valence-corrected chi connectivity index (χ4v) is 2.96. The van der Waals surface area contributed by atoms with Crippen LogP contribution in [0.1, 0.15) is 46.5 Å². The van der Waals surface area contributed by atoms with Gasteiger partial charge in [0.25, 0.3) is 0 Å². The molecule has 1 aliphatic carbocycles. The SMILES string of the molecule is CC(C)(C)OC(=O)NCC1CCCC1NCCCn1ccnn1. The Labute approximate surface area is 138 Å². The second-order valence-electron chi connectivity index (χ2n) is 7.15. The average Bonchev–Trinajstić information content (AvgIpc) is 3.11. The molecule has 1 saturated carbocycles. The summed E-state index contributed by atoms with van der Waals surface area (Å²) in [4.78, 5) is 11.7. The summed E-state index contributed by atoms with van der Waals surface area (Å²) in [5, 5.41) is 14.3. The predicted octanol–water partition coefficient (Wildman–Crippen LogP) is 1.95. The molecule has 1 aliphatic rings. The van der Waals surface area contributed by atoms with E-state index < -0.39 is 5.60 Å². The molecule has 2 rings (SSSR count). The zero-order valence-corrected chi connectivity index (χ0v) is 14.4. The fraction of sp³-hybridized carbons (Fsp3) is 0.812. The molecule has 1 heterocycles. The number of hydrogen-bond acceptors (Lipinski definition) is 5. The van der Waals surface area contributed by atoms with Crippen LogP contribution in [0.3, 0.4) is 0 Å². The van der Waals surface area contributed by atoms with Crippen LogP contribution in [0.25, 0.3) is 0 Å². The maximum atomic E-state index is 11.7. The highest BCUT2D eigenvalue weighted by Crippen LogP contribution is 2.25. The standard InChI is InChI=1S/C16H29N5O2/c1-16(2,3)23-15(22)18-12-13-6-4-7-14(13)17-8-5-10-21-11-9-19-20-21/h9,11,13-14,17H,4-8,10,12H2,1-3H3,(H,18,22). The number of nitrogens with one attached hydrogen (secondary N) is 2. The van der Waals surface area contributed by atoms with Gasteiger partial charge < -0.3 is 15.4 Å². The second kappa shape index (κ2) is 8.29. The van der Waals surface area contributed by atoms with Crippen LogP contribution in [0.15, 0.2) is 12.4 Å². The topological polar surface area (TPSA) is 81.1 Å². The van der Waals surface area contributed by atoms with Crippen molar-refractivity contribution in [3.63, 3.8) is 0 Å². The maximum Gasteiger partial charge on any atom is 0.407 e. The number of aryl methyl sites for hydroxylation is 1. The van der Waals surface area contributed by atoms with Crippen molar-refractivity contribution < 1.29 is 9.53 Å². The van der Waals surface area contributed by atoms with Crippen molar-refractivity contribution in [3.8, 4) is 0 Å². The lowest BCUT2D eigenvalue weighted by Gasteiger charge is -2.23. The highest BCUT2D eigenvalue weighted by atomic mass is 16.6. The van der Waals surface area contributed by atoms with E-state index >= 15 is 0 Å². The molecule has 1 amide bonds. The van der Waals surface area contributed by atoms with Gasteiger partial charge in [-0.25, -0.2) is 4.79 Å². The summed E-state index contributed by atoms with van der Waals surface area (Å²) >= 11 is 0. The molecule has 0 spiro atoms. The Morgan fingerprint density at radius 1 is 1.39 bits per heavy atom. The number of aromatic nitrogens is 3. The summed E-state index contributed by atoms with van der Waals surface area (Å²) < 4.78 is 7.13. The molecule has 1 aromatic heterocycles. The van der Waals surface area contributed by atoms with Gasteiger partial charge in [-0.2, -0.15) is 0 Å². The monoisotopic (exact) mass is 323 g/mol. The molecule has 130 valence electrons. The van der Waals surface area contributed by atoms with Crippen molar-refractivity contribution in [2.45, 2.75) is 64.6 Å². The molecule has 23 heavy (non-hydrogen) atoms. The number of alkyl carbamates (subject to hydrolysis) is 1. The van der Waals surface area contributed by atoms with Crippen molar-refractivity contribution in [1.29, 1.82) is 0 Å². The minimum atomic E-state index is -0.446. The van der Waals surface area contributed by atoms with Crippen LogP contribution in [0, 0.1) is 5.92 Å². The Bertz CT molecular complexity index is 469. The highest BCUT2D eigenvalue weighted by molar-refractivity contribution is 5.67. The molecular formula is C16H29N5O2. The summed E-state index contributed by atoms with van der Waals surface area (Å²) in [6.07, 6.45) is 7.80. The first kappa shape index (κ1) is 17.7. The molecular weight excluding hydrogens is 294 g/mol. The lowest BCUT2D eigenvalue weighted by Crippen LogP contribution is -2.41. The maximum absolute atomic E-state index is 11.7. The Morgan fingerprint density at radius 3 is 2.91 bits per heavy atom. The van der Waals surface area contributed by atoms with E-state index in [9.17, 15) is 4.79 Å². The second-order valence-corrected chi connectivity index (χ2v) is 7.15. The smallest absolute Gasteiger partial charge is 0.407 e. The van der Waals surface area contributed by atoms with E-state index in [1.54, 1.807) is 6.20 Å². The lowest BCUT2D eigenvalue weighted by molar-refractivity contribution is 0.0517. The van der Waals surface area contributed by atoms with E-state index in [2.05, 4.69) is 20.9 Å². The van der Waals surface area contributed by atoms with Crippen LogP contribution in [0.4, 0.5) is 4.79 Å². The third kappa shape index (κ3) is 6.56. The largest absolute Gasteiger partial charge is 0.444 e. The average molecular weight is 323 g/mol. The van der Waals surface area contributed by atoms with Gasteiger partial charge in [0.1, 0.15) is 5.60 Å². The molecule has 0 aliphatic heterocycles. The molecule has 0 aromatic carbocycles. The molecule has 0 radical (unpaired) electrons. The van der Waals surface area contributed by atoms with Gasteiger partial charge >= 0.3 is 6.09 Å². The van der Waals surface area contributed by atoms with Gasteiger partial charge in [-0.15, -0.1) is 5.10 Å². The minimum absolute atomic E-state index is 0.325. The number of carbonyl (C=O) groups is 1. The van der Waals surface area contributed by atoms with Crippen molar-refractivity contribution in [1.82, 2.24) is 25.6 Å². The number of carbonyl (C=O) groups excluding carboxylic acids is 1. The number of nitrogens with zero attached hydrogens (tertiary/aromatic N) is 3. The van der Waals surface area contributed by atoms with E-state index in [0.29, 0.717) is 18.5 Å². The van der Waals surface area contributed by atoms with Crippen molar-refractivity contribution >= 4 is 6.09 Å². The van der Waals surface area contributed by atoms with Gasteiger partial charge in [-0.3, -0.25) is 4.68 Å². The van der Waals surface area contributed by atoms with Gasteiger partial charge in [0.15, 0.2) is 0 Å². The molecule has 2 unspecified atom stereocenters. The molecule has 7 heteroatoms. The molecule has 2 atom stereocenters. The third-order valence-corrected chi connectivity index (χ3v) is 4.01. The molecule has 0 saturated heterocycles. The van der Waals surface area contributed by atoms with Crippen LogP contribution < -0.4 is 10.6 Å². The van der Waals surface area contributed by atoms with Crippen LogP contribution in [-0.2, 0) is 11.3 Å². The van der Waals surface area contributed by atoms with E-state index in [4.69, 9.17) is 4.74 Å². The summed E-state index contributed by atoms with van der Waals surface area (Å²) in [6, 6.07) is 0.473. The number of ether oxygens (including phenoxy) is 1. The first-order valence-corrected chi connectivity index (χ1v) is 8.48. The van der Waals surface area contributed by atoms with Crippen molar-refractivity contribution in [2.24, 2.45) is 5.92 Å². The highest BCUT2D eigenvalue weighted by Gasteiger charge is 2.27. The van der Waals surface area contributed by atoms with Gasteiger partial charge in [-0.05, 0) is 52.5 Å². The van der Waals surface area contributed by atoms with Crippen molar-refractivity contribution in [3.05, 3.63) is 12.4 Å². The molecule has 7 nitrogen and oxygen atoms in total. The van der Waals surface area contributed by atoms with E-state index in [1.165, 1.54) is 12.8 Å². The Hall–Kier alpha value is -1.63. The summed E-state index contributed by atoms with van der Waals surface area (Å²) in [5.74, 6) is 0.480. The van der Waals surface area contributed by atoms with Gasteiger partial charge in [-0.1, -0.05) is 11.6 Å². The first-order chi connectivity index (χ1) is 10.9. The zero-order chi connectivity index (χ0) is 16.7.